The molecule has 4 bridgehead atoms. The molecule has 7 rings (SSSR count). The van der Waals surface area contributed by atoms with Gasteiger partial charge in [-0.3, -0.25) is 4.79 Å². The van der Waals surface area contributed by atoms with Crippen molar-refractivity contribution < 1.29 is 4.79 Å². The fourth-order valence-electron chi connectivity index (χ4n) is 6.63. The summed E-state index contributed by atoms with van der Waals surface area (Å²) in [7, 11) is 0. The van der Waals surface area contributed by atoms with Crippen LogP contribution in [0, 0.1) is 30.1 Å². The second-order valence-corrected chi connectivity index (χ2v) is 9.77. The Morgan fingerprint density at radius 1 is 1.07 bits per heavy atom. The van der Waals surface area contributed by atoms with Crippen LogP contribution in [0.1, 0.15) is 44.1 Å². The zero-order chi connectivity index (χ0) is 19.6. The number of aryl methyl sites for hydroxylation is 1. The number of carbonyl (C=O) groups excluding carboxylic acids is 1. The van der Waals surface area contributed by atoms with Crippen LogP contribution in [0.4, 0.5) is 5.69 Å². The van der Waals surface area contributed by atoms with Gasteiger partial charge in [0, 0.05) is 23.6 Å². The molecule has 0 saturated heterocycles. The van der Waals surface area contributed by atoms with E-state index < -0.39 is 0 Å². The molecule has 0 spiro atoms. The van der Waals surface area contributed by atoms with E-state index >= 15 is 0 Å². The van der Waals surface area contributed by atoms with Crippen LogP contribution in [0.5, 0.6) is 0 Å². The van der Waals surface area contributed by atoms with E-state index in [1.807, 2.05) is 35.0 Å². The van der Waals surface area contributed by atoms with Crippen molar-refractivity contribution in [2.75, 3.05) is 5.32 Å². The quantitative estimate of drug-likeness (QED) is 0.650. The molecule has 4 nitrogen and oxygen atoms in total. The van der Waals surface area contributed by atoms with Gasteiger partial charge in [-0.15, -0.1) is 0 Å². The van der Waals surface area contributed by atoms with Gasteiger partial charge in [-0.05, 0) is 87.0 Å². The number of aromatic nitrogens is 2. The number of anilines is 1. The van der Waals surface area contributed by atoms with Gasteiger partial charge < -0.3 is 9.72 Å². The molecule has 0 aliphatic heterocycles. The normalized spacial score (nSPS) is 30.0. The van der Waals surface area contributed by atoms with Crippen molar-refractivity contribution in [2.45, 2.75) is 45.4 Å². The van der Waals surface area contributed by atoms with Crippen LogP contribution < -0.4 is 5.32 Å². The molecule has 4 fully saturated rings. The lowest BCUT2D eigenvalue weighted by Gasteiger charge is -2.55. The van der Waals surface area contributed by atoms with Gasteiger partial charge >= 0.3 is 0 Å². The number of nitrogens with one attached hydrogen (secondary N) is 1. The third-order valence-electron chi connectivity index (χ3n) is 7.67. The van der Waals surface area contributed by atoms with Crippen molar-refractivity contribution in [3.8, 4) is 11.3 Å². The summed E-state index contributed by atoms with van der Waals surface area (Å²) in [5, 5.41) is 3.34. The number of carbonyl (C=O) groups is 1. The first-order valence-electron chi connectivity index (χ1n) is 10.9. The van der Waals surface area contributed by atoms with Crippen LogP contribution in [0.25, 0.3) is 16.9 Å². The maximum Gasteiger partial charge on any atom is 0.230 e. The fraction of sp³-hybridized carbons (Fsp3) is 0.440. The number of rotatable bonds is 3. The Labute approximate surface area is 171 Å². The van der Waals surface area contributed by atoms with Crippen molar-refractivity contribution >= 4 is 17.2 Å². The summed E-state index contributed by atoms with van der Waals surface area (Å²) in [5.74, 6) is 2.58. The molecule has 2 aromatic heterocycles. The minimum atomic E-state index is -0.125. The lowest BCUT2D eigenvalue weighted by molar-refractivity contribution is -0.140. The average molecular weight is 386 g/mol. The van der Waals surface area contributed by atoms with Crippen LogP contribution >= 0.6 is 0 Å². The molecule has 4 aliphatic rings. The van der Waals surface area contributed by atoms with Crippen LogP contribution in [0.15, 0.2) is 48.8 Å². The van der Waals surface area contributed by atoms with Crippen molar-refractivity contribution in [3.63, 3.8) is 0 Å². The molecule has 2 heterocycles. The van der Waals surface area contributed by atoms with Gasteiger partial charge in [0.2, 0.25) is 5.91 Å². The van der Waals surface area contributed by atoms with Gasteiger partial charge in [0.05, 0.1) is 11.1 Å². The van der Waals surface area contributed by atoms with Gasteiger partial charge in [0.1, 0.15) is 5.65 Å². The zero-order valence-electron chi connectivity index (χ0n) is 16.9. The predicted molar refractivity (Wildman–Crippen MR) is 115 cm³/mol. The molecule has 4 saturated carbocycles. The highest BCUT2D eigenvalue weighted by atomic mass is 16.2. The Balaban J connectivity index is 1.30. The number of pyridine rings is 1. The summed E-state index contributed by atoms with van der Waals surface area (Å²) < 4.78 is 2.03. The van der Waals surface area contributed by atoms with Gasteiger partial charge in [-0.2, -0.15) is 0 Å². The van der Waals surface area contributed by atoms with E-state index in [1.54, 1.807) is 0 Å². The highest BCUT2D eigenvalue weighted by Gasteiger charge is 2.54. The lowest BCUT2D eigenvalue weighted by atomic mass is 9.49. The highest BCUT2D eigenvalue weighted by molar-refractivity contribution is 5.96. The summed E-state index contributed by atoms with van der Waals surface area (Å²) in [6, 6.07) is 12.3. The van der Waals surface area contributed by atoms with Gasteiger partial charge in [0.15, 0.2) is 0 Å². The highest BCUT2D eigenvalue weighted by Crippen LogP contribution is 2.60. The molecule has 0 atom stereocenters. The minimum Gasteiger partial charge on any atom is -0.325 e. The molecule has 0 unspecified atom stereocenters. The first-order chi connectivity index (χ1) is 14.1. The summed E-state index contributed by atoms with van der Waals surface area (Å²) in [5.41, 5.74) is 4.82. The zero-order valence-corrected chi connectivity index (χ0v) is 16.9. The van der Waals surface area contributed by atoms with Gasteiger partial charge in [-0.1, -0.05) is 18.2 Å². The molecular weight excluding hydrogens is 358 g/mol. The standard InChI is InChI=1S/C25H27N3O/c1-16-5-6-20(22-15-28-7-3-2-4-23(28)26-22)11-21(16)27-24(29)25-12-17-8-18(13-25)10-19(9-17)14-25/h2-7,11,15,17-19H,8-10,12-14H2,1H3,(H,27,29). The maximum atomic E-state index is 13.5. The minimum absolute atomic E-state index is 0.125. The first-order valence-corrected chi connectivity index (χ1v) is 10.9. The Morgan fingerprint density at radius 2 is 1.79 bits per heavy atom. The number of benzene rings is 1. The Morgan fingerprint density at radius 3 is 2.48 bits per heavy atom. The molecule has 0 radical (unpaired) electrons. The number of fused-ring (bicyclic) bond motifs is 1. The van der Waals surface area contributed by atoms with E-state index in [9.17, 15) is 4.79 Å². The molecule has 148 valence electrons. The van der Waals surface area contributed by atoms with E-state index in [2.05, 4.69) is 30.4 Å². The SMILES string of the molecule is Cc1ccc(-c2cn3ccccc3n2)cc1NC(=O)C12CC3CC(CC(C3)C1)C2. The average Bonchev–Trinajstić information content (AvgIpc) is 3.13. The van der Waals surface area contributed by atoms with Gasteiger partial charge in [0.25, 0.3) is 0 Å². The van der Waals surface area contributed by atoms with Crippen LogP contribution in [-0.4, -0.2) is 15.3 Å². The molecule has 29 heavy (non-hydrogen) atoms. The van der Waals surface area contributed by atoms with Crippen molar-refractivity contribution in [1.82, 2.24) is 9.38 Å². The smallest absolute Gasteiger partial charge is 0.230 e. The van der Waals surface area contributed by atoms with Crippen molar-refractivity contribution in [1.29, 1.82) is 0 Å². The summed E-state index contributed by atoms with van der Waals surface area (Å²) >= 11 is 0. The Bertz CT molecular complexity index is 1040. The summed E-state index contributed by atoms with van der Waals surface area (Å²) in [6.07, 6.45) is 11.4. The Kier molecular flexibility index (Phi) is 3.68. The molecule has 3 aromatic rings. The molecule has 4 aliphatic carbocycles. The monoisotopic (exact) mass is 385 g/mol. The molecule has 1 aromatic carbocycles. The number of imidazole rings is 1. The number of hydrogen-bond acceptors (Lipinski definition) is 2. The van der Waals surface area contributed by atoms with E-state index in [4.69, 9.17) is 4.98 Å². The molecular formula is C25H27N3O. The third-order valence-corrected chi connectivity index (χ3v) is 7.67. The molecule has 1 N–H and O–H groups in total. The second-order valence-electron chi connectivity index (χ2n) is 9.77. The lowest BCUT2D eigenvalue weighted by Crippen LogP contribution is -2.51. The molecule has 1 amide bonds. The Hall–Kier alpha value is -2.62. The molecule has 4 heteroatoms. The summed E-state index contributed by atoms with van der Waals surface area (Å²) in [4.78, 5) is 18.2. The summed E-state index contributed by atoms with van der Waals surface area (Å²) in [6.45, 7) is 2.07. The van der Waals surface area contributed by atoms with Gasteiger partial charge in [-0.25, -0.2) is 4.98 Å². The number of nitrogens with zero attached hydrogens (tertiary/aromatic N) is 2. The van der Waals surface area contributed by atoms with Crippen molar-refractivity contribution in [2.24, 2.45) is 23.2 Å². The van der Waals surface area contributed by atoms with Crippen molar-refractivity contribution in [3.05, 3.63) is 54.4 Å². The van der Waals surface area contributed by atoms with E-state index in [-0.39, 0.29) is 11.3 Å². The second kappa shape index (κ2) is 6.19. The largest absolute Gasteiger partial charge is 0.325 e. The van der Waals surface area contributed by atoms with Crippen LogP contribution in [-0.2, 0) is 4.79 Å². The van der Waals surface area contributed by atoms with E-state index in [0.717, 1.165) is 65.2 Å². The van der Waals surface area contributed by atoms with E-state index in [0.29, 0.717) is 0 Å². The predicted octanol–water partition coefficient (Wildman–Crippen LogP) is 5.46. The number of hydrogen-bond donors (Lipinski definition) is 1. The van der Waals surface area contributed by atoms with E-state index in [1.165, 1.54) is 19.3 Å². The number of amides is 1. The maximum absolute atomic E-state index is 13.5. The first kappa shape index (κ1) is 17.3. The fourth-order valence-corrected chi connectivity index (χ4v) is 6.63. The van der Waals surface area contributed by atoms with Crippen LogP contribution in [0.2, 0.25) is 0 Å². The third kappa shape index (κ3) is 2.80. The topological polar surface area (TPSA) is 46.4 Å². The van der Waals surface area contributed by atoms with Crippen LogP contribution in [0.3, 0.4) is 0 Å².